The van der Waals surface area contributed by atoms with Crippen molar-refractivity contribution < 1.29 is 0 Å². The summed E-state index contributed by atoms with van der Waals surface area (Å²) in [4.78, 5) is 0. The van der Waals surface area contributed by atoms with E-state index in [0.717, 1.165) is 12.4 Å². The minimum absolute atomic E-state index is 0.511. The smallest absolute Gasteiger partial charge is 0.146 e. The van der Waals surface area contributed by atoms with E-state index >= 15 is 0 Å². The molecule has 0 saturated heterocycles. The van der Waals surface area contributed by atoms with E-state index in [1.54, 1.807) is 6.33 Å². The minimum Gasteiger partial charge on any atom is -0.320 e. The van der Waals surface area contributed by atoms with Gasteiger partial charge in [0, 0.05) is 13.1 Å². The summed E-state index contributed by atoms with van der Waals surface area (Å²) in [6.45, 7) is 5.52. The second-order valence-electron chi connectivity index (χ2n) is 5.34. The highest BCUT2D eigenvalue weighted by Crippen LogP contribution is 2.36. The third-order valence-corrected chi connectivity index (χ3v) is 3.32. The van der Waals surface area contributed by atoms with Crippen LogP contribution in [0.3, 0.4) is 0 Å². The van der Waals surface area contributed by atoms with Gasteiger partial charge in [-0.3, -0.25) is 0 Å². The first kappa shape index (κ1) is 10.6. The van der Waals surface area contributed by atoms with Crippen LogP contribution in [-0.4, -0.2) is 20.8 Å². The molecule has 0 spiro atoms. The van der Waals surface area contributed by atoms with Crippen LogP contribution in [-0.2, 0) is 13.6 Å². The fourth-order valence-electron chi connectivity index (χ4n) is 2.31. The fourth-order valence-corrected chi connectivity index (χ4v) is 2.31. The molecule has 2 rings (SSSR count). The number of hydrogen-bond acceptors (Lipinski definition) is 3. The summed E-state index contributed by atoms with van der Waals surface area (Å²) in [6.07, 6.45) is 5.62. The van der Waals surface area contributed by atoms with Gasteiger partial charge in [-0.15, -0.1) is 10.2 Å². The van der Waals surface area contributed by atoms with Crippen molar-refractivity contribution in [2.45, 2.75) is 45.7 Å². The van der Waals surface area contributed by atoms with Crippen LogP contribution < -0.4 is 5.32 Å². The molecule has 0 amide bonds. The van der Waals surface area contributed by atoms with Crippen LogP contribution in [0.2, 0.25) is 0 Å². The Morgan fingerprint density at radius 2 is 2.40 bits per heavy atom. The Labute approximate surface area is 91.1 Å². The highest BCUT2D eigenvalue weighted by atomic mass is 15.3. The molecular weight excluding hydrogens is 188 g/mol. The molecule has 0 radical (unpaired) electrons. The van der Waals surface area contributed by atoms with Gasteiger partial charge in [-0.2, -0.15) is 0 Å². The second-order valence-corrected chi connectivity index (χ2v) is 5.34. The summed E-state index contributed by atoms with van der Waals surface area (Å²) >= 11 is 0. The van der Waals surface area contributed by atoms with Gasteiger partial charge in [0.25, 0.3) is 0 Å². The van der Waals surface area contributed by atoms with Crippen molar-refractivity contribution in [1.29, 1.82) is 0 Å². The van der Waals surface area contributed by atoms with Crippen LogP contribution in [0.5, 0.6) is 0 Å². The number of nitrogens with one attached hydrogen (secondary N) is 1. The Kier molecular flexibility index (Phi) is 2.78. The topological polar surface area (TPSA) is 42.7 Å². The van der Waals surface area contributed by atoms with Gasteiger partial charge in [-0.25, -0.2) is 0 Å². The molecule has 1 unspecified atom stereocenters. The first-order valence-corrected chi connectivity index (χ1v) is 5.63. The van der Waals surface area contributed by atoms with E-state index in [9.17, 15) is 0 Å². The lowest BCUT2D eigenvalue weighted by atomic mass is 9.92. The zero-order valence-electron chi connectivity index (χ0n) is 9.82. The van der Waals surface area contributed by atoms with E-state index < -0.39 is 0 Å². The molecule has 1 saturated carbocycles. The normalized spacial score (nSPS) is 24.6. The third kappa shape index (κ3) is 2.56. The summed E-state index contributed by atoms with van der Waals surface area (Å²) in [5.74, 6) is 1.01. The SMILES string of the molecule is Cn1cnnc1CNC1CCC(C)(C)C1. The van der Waals surface area contributed by atoms with Crippen molar-refractivity contribution in [3.8, 4) is 0 Å². The van der Waals surface area contributed by atoms with Gasteiger partial charge in [0.2, 0.25) is 0 Å². The number of aromatic nitrogens is 3. The van der Waals surface area contributed by atoms with Crippen LogP contribution in [0, 0.1) is 5.41 Å². The maximum Gasteiger partial charge on any atom is 0.146 e. The molecule has 1 aliphatic rings. The maximum absolute atomic E-state index is 4.06. The molecule has 1 heterocycles. The number of nitrogens with zero attached hydrogens (tertiary/aromatic N) is 3. The highest BCUT2D eigenvalue weighted by Gasteiger charge is 2.30. The Morgan fingerprint density at radius 3 is 2.93 bits per heavy atom. The molecule has 84 valence electrons. The fraction of sp³-hybridized carbons (Fsp3) is 0.818. The first-order valence-electron chi connectivity index (χ1n) is 5.63. The summed E-state index contributed by atoms with van der Waals surface area (Å²) in [6, 6.07) is 0.650. The Bertz CT molecular complexity index is 329. The van der Waals surface area contributed by atoms with Crippen molar-refractivity contribution in [3.05, 3.63) is 12.2 Å². The van der Waals surface area contributed by atoms with Crippen molar-refractivity contribution >= 4 is 0 Å². The standard InChI is InChI=1S/C11H20N4/c1-11(2)5-4-9(6-11)12-7-10-14-13-8-15(10)3/h8-9,12H,4-7H2,1-3H3. The lowest BCUT2D eigenvalue weighted by Gasteiger charge is -2.17. The number of hydrogen-bond donors (Lipinski definition) is 1. The predicted octanol–water partition coefficient (Wildman–Crippen LogP) is 1.48. The van der Waals surface area contributed by atoms with Crippen molar-refractivity contribution in [3.63, 3.8) is 0 Å². The second kappa shape index (κ2) is 3.93. The van der Waals surface area contributed by atoms with E-state index in [4.69, 9.17) is 0 Å². The molecule has 1 aromatic rings. The van der Waals surface area contributed by atoms with Crippen LogP contribution in [0.15, 0.2) is 6.33 Å². The molecule has 4 nitrogen and oxygen atoms in total. The van der Waals surface area contributed by atoms with E-state index in [2.05, 4.69) is 29.4 Å². The highest BCUT2D eigenvalue weighted by molar-refractivity contribution is 4.89. The summed E-state index contributed by atoms with van der Waals surface area (Å²) in [5, 5.41) is 11.5. The van der Waals surface area contributed by atoms with Gasteiger partial charge in [-0.05, 0) is 24.7 Å². The summed E-state index contributed by atoms with van der Waals surface area (Å²) in [5.41, 5.74) is 0.511. The Morgan fingerprint density at radius 1 is 1.60 bits per heavy atom. The van der Waals surface area contributed by atoms with E-state index in [0.29, 0.717) is 11.5 Å². The van der Waals surface area contributed by atoms with Crippen LogP contribution in [0.4, 0.5) is 0 Å². The molecule has 0 bridgehead atoms. The number of rotatable bonds is 3. The van der Waals surface area contributed by atoms with E-state index in [1.165, 1.54) is 19.3 Å². The van der Waals surface area contributed by atoms with E-state index in [1.807, 2.05) is 11.6 Å². The molecular formula is C11H20N4. The molecule has 1 N–H and O–H groups in total. The molecule has 1 aromatic heterocycles. The van der Waals surface area contributed by atoms with Crippen LogP contribution >= 0.6 is 0 Å². The average molecular weight is 208 g/mol. The Hall–Kier alpha value is -0.900. The van der Waals surface area contributed by atoms with Gasteiger partial charge in [-0.1, -0.05) is 13.8 Å². The molecule has 4 heteroatoms. The van der Waals surface area contributed by atoms with Gasteiger partial charge in [0.15, 0.2) is 0 Å². The molecule has 1 fully saturated rings. The van der Waals surface area contributed by atoms with Crippen LogP contribution in [0.1, 0.15) is 38.9 Å². The average Bonchev–Trinajstić information content (AvgIpc) is 2.69. The lowest BCUT2D eigenvalue weighted by Crippen LogP contribution is -2.28. The molecule has 15 heavy (non-hydrogen) atoms. The third-order valence-electron chi connectivity index (χ3n) is 3.32. The number of aryl methyl sites for hydroxylation is 1. The van der Waals surface area contributed by atoms with Crippen molar-refractivity contribution in [1.82, 2.24) is 20.1 Å². The molecule has 0 aromatic carbocycles. The van der Waals surface area contributed by atoms with Gasteiger partial charge >= 0.3 is 0 Å². The first-order chi connectivity index (χ1) is 7.07. The van der Waals surface area contributed by atoms with Gasteiger partial charge < -0.3 is 9.88 Å². The maximum atomic E-state index is 4.06. The summed E-state index contributed by atoms with van der Waals surface area (Å²) < 4.78 is 1.97. The zero-order valence-corrected chi connectivity index (χ0v) is 9.82. The largest absolute Gasteiger partial charge is 0.320 e. The zero-order chi connectivity index (χ0) is 10.9. The Balaban J connectivity index is 1.83. The minimum atomic E-state index is 0.511. The van der Waals surface area contributed by atoms with E-state index in [-0.39, 0.29) is 0 Å². The predicted molar refractivity (Wildman–Crippen MR) is 59.3 cm³/mol. The van der Waals surface area contributed by atoms with Crippen LogP contribution in [0.25, 0.3) is 0 Å². The van der Waals surface area contributed by atoms with Gasteiger partial charge in [0.05, 0.1) is 6.54 Å². The van der Waals surface area contributed by atoms with Gasteiger partial charge in [0.1, 0.15) is 12.2 Å². The molecule has 0 aliphatic heterocycles. The molecule has 1 atom stereocenters. The van der Waals surface area contributed by atoms with Crippen molar-refractivity contribution in [2.24, 2.45) is 12.5 Å². The molecule has 1 aliphatic carbocycles. The van der Waals surface area contributed by atoms with Crippen molar-refractivity contribution in [2.75, 3.05) is 0 Å². The lowest BCUT2D eigenvalue weighted by molar-refractivity contribution is 0.363. The quantitative estimate of drug-likeness (QED) is 0.818. The monoisotopic (exact) mass is 208 g/mol. The summed E-state index contributed by atoms with van der Waals surface area (Å²) in [7, 11) is 1.98.